The summed E-state index contributed by atoms with van der Waals surface area (Å²) in [4.78, 5) is 41.4. The third-order valence-electron chi connectivity index (χ3n) is 6.47. The van der Waals surface area contributed by atoms with Gasteiger partial charge in [-0.15, -0.1) is 10.2 Å². The topological polar surface area (TPSA) is 180 Å². The number of amides is 2. The van der Waals surface area contributed by atoms with E-state index in [1.807, 2.05) is 31.0 Å². The molecule has 3 aromatic rings. The van der Waals surface area contributed by atoms with Crippen LogP contribution in [0.3, 0.4) is 0 Å². The molecule has 0 bridgehead atoms. The van der Waals surface area contributed by atoms with Crippen LogP contribution in [0, 0.1) is 6.92 Å². The van der Waals surface area contributed by atoms with Gasteiger partial charge in [0.2, 0.25) is 0 Å². The van der Waals surface area contributed by atoms with Crippen molar-refractivity contribution in [3.8, 4) is 5.75 Å². The molecule has 230 valence electrons. The minimum atomic E-state index is -4.74. The molecule has 0 atom stereocenters. The number of azo groups is 2. The van der Waals surface area contributed by atoms with Crippen molar-refractivity contribution in [1.82, 2.24) is 5.06 Å². The molecule has 15 heteroatoms. The fraction of sp³-hybridized carbons (Fsp3) is 0.276. The molecular formula is C29H30N6O8S. The molecule has 0 radical (unpaired) electrons. The van der Waals surface area contributed by atoms with E-state index >= 15 is 0 Å². The summed E-state index contributed by atoms with van der Waals surface area (Å²) >= 11 is 0. The summed E-state index contributed by atoms with van der Waals surface area (Å²) in [6.07, 6.45) is 0.491. The molecule has 44 heavy (non-hydrogen) atoms. The Morgan fingerprint density at radius 3 is 2.07 bits per heavy atom. The van der Waals surface area contributed by atoms with E-state index in [0.717, 1.165) is 17.3 Å². The van der Waals surface area contributed by atoms with Gasteiger partial charge < -0.3 is 14.5 Å². The van der Waals surface area contributed by atoms with E-state index in [4.69, 9.17) is 9.57 Å². The summed E-state index contributed by atoms with van der Waals surface area (Å²) in [6.45, 7) is 2.40. The quantitative estimate of drug-likeness (QED) is 0.146. The molecular weight excluding hydrogens is 592 g/mol. The van der Waals surface area contributed by atoms with Crippen LogP contribution in [-0.2, 0) is 29.3 Å². The van der Waals surface area contributed by atoms with Crippen LogP contribution in [0.1, 0.15) is 31.2 Å². The fourth-order valence-electron chi connectivity index (χ4n) is 4.08. The number of imide groups is 1. The van der Waals surface area contributed by atoms with Crippen LogP contribution in [0.5, 0.6) is 5.75 Å². The van der Waals surface area contributed by atoms with E-state index < -0.39 is 32.8 Å². The molecule has 14 nitrogen and oxygen atoms in total. The van der Waals surface area contributed by atoms with Crippen LogP contribution < -0.4 is 9.64 Å². The third-order valence-corrected chi connectivity index (χ3v) is 7.33. The lowest BCUT2D eigenvalue weighted by Crippen LogP contribution is -2.32. The lowest BCUT2D eigenvalue weighted by atomic mass is 10.2. The molecule has 1 aliphatic rings. The highest BCUT2D eigenvalue weighted by atomic mass is 32.2. The zero-order valence-electron chi connectivity index (χ0n) is 24.2. The zero-order chi connectivity index (χ0) is 31.9. The third kappa shape index (κ3) is 8.29. The van der Waals surface area contributed by atoms with E-state index in [2.05, 4.69) is 20.5 Å². The number of hydrogen-bond acceptors (Lipinski definition) is 12. The largest absolute Gasteiger partial charge is 0.494 e. The number of anilines is 1. The van der Waals surface area contributed by atoms with Gasteiger partial charge in [-0.3, -0.25) is 14.1 Å². The molecule has 0 aliphatic carbocycles. The lowest BCUT2D eigenvalue weighted by Gasteiger charge is -2.19. The Balaban J connectivity index is 1.42. The molecule has 0 unspecified atom stereocenters. The van der Waals surface area contributed by atoms with Crippen molar-refractivity contribution in [2.45, 2.75) is 37.5 Å². The first-order valence-corrected chi connectivity index (χ1v) is 14.9. The Kier molecular flexibility index (Phi) is 10.1. The second-order valence-electron chi connectivity index (χ2n) is 9.79. The van der Waals surface area contributed by atoms with E-state index in [1.165, 1.54) is 13.2 Å². The highest BCUT2D eigenvalue weighted by Gasteiger charge is 2.32. The highest BCUT2D eigenvalue weighted by Crippen LogP contribution is 2.40. The van der Waals surface area contributed by atoms with Gasteiger partial charge in [0.25, 0.3) is 21.9 Å². The van der Waals surface area contributed by atoms with E-state index in [0.29, 0.717) is 29.4 Å². The maximum absolute atomic E-state index is 12.2. The van der Waals surface area contributed by atoms with Gasteiger partial charge in [-0.2, -0.15) is 23.8 Å². The number of aryl methyl sites for hydroxylation is 1. The number of methoxy groups -OCH3 is 1. The molecule has 2 amide bonds. The number of carbonyl (C=O) groups is 3. The zero-order valence-corrected chi connectivity index (χ0v) is 25.0. The van der Waals surface area contributed by atoms with Crippen LogP contribution in [0.4, 0.5) is 28.4 Å². The SMILES string of the molecule is COc1cc(N=Nc2ccc(C)cc2)cc(S(=O)(=O)O)c1N=Nc1ccc(N(C)CCCC(=O)ON2C(=O)CCC2=O)cc1. The number of hydroxylamine groups is 2. The van der Waals surface area contributed by atoms with Crippen molar-refractivity contribution >= 4 is 56.3 Å². The van der Waals surface area contributed by atoms with Gasteiger partial charge in [-0.1, -0.05) is 17.7 Å². The van der Waals surface area contributed by atoms with Gasteiger partial charge in [0, 0.05) is 44.6 Å². The number of carbonyl (C=O) groups excluding carboxylic acids is 3. The Labute approximate surface area is 253 Å². The van der Waals surface area contributed by atoms with Crippen molar-refractivity contribution in [2.24, 2.45) is 20.5 Å². The summed E-state index contributed by atoms with van der Waals surface area (Å²) in [5.74, 6) is -1.71. The van der Waals surface area contributed by atoms with Gasteiger partial charge in [0.1, 0.15) is 16.3 Å². The number of hydrogen-bond donors (Lipinski definition) is 1. The molecule has 1 heterocycles. The number of rotatable bonds is 12. The predicted octanol–water partition coefficient (Wildman–Crippen LogP) is 5.90. The molecule has 4 rings (SSSR count). The standard InChI is InChI=1S/C29H30N6O8S/c1-19-6-8-20(9-7-19)30-32-22-17-24(42-3)29(25(18-22)44(39,40)41)33-31-21-10-12-23(13-11-21)34(2)16-4-5-28(38)43-35-26(36)14-15-27(35)37/h6-13,17-18H,4-5,14-16H2,1-3H3,(H,39,40,41). The predicted molar refractivity (Wildman–Crippen MR) is 158 cm³/mol. The molecule has 0 spiro atoms. The van der Waals surface area contributed by atoms with Crippen molar-refractivity contribution in [1.29, 1.82) is 0 Å². The Morgan fingerprint density at radius 2 is 1.48 bits per heavy atom. The van der Waals surface area contributed by atoms with Crippen LogP contribution in [0.15, 0.2) is 86.0 Å². The van der Waals surface area contributed by atoms with Crippen LogP contribution >= 0.6 is 0 Å². The van der Waals surface area contributed by atoms with Crippen molar-refractivity contribution < 1.29 is 36.9 Å². The lowest BCUT2D eigenvalue weighted by molar-refractivity contribution is -0.197. The molecule has 1 fully saturated rings. The number of benzene rings is 3. The van der Waals surface area contributed by atoms with E-state index in [-0.39, 0.29) is 36.4 Å². The first-order chi connectivity index (χ1) is 20.9. The highest BCUT2D eigenvalue weighted by molar-refractivity contribution is 7.86. The van der Waals surface area contributed by atoms with Gasteiger partial charge >= 0.3 is 5.97 Å². The summed E-state index contributed by atoms with van der Waals surface area (Å²) in [6, 6.07) is 16.6. The smallest absolute Gasteiger partial charge is 0.333 e. The minimum absolute atomic E-state index is 0.00933. The maximum atomic E-state index is 12.2. The van der Waals surface area contributed by atoms with Crippen molar-refractivity contribution in [3.05, 3.63) is 66.2 Å². The summed E-state index contributed by atoms with van der Waals surface area (Å²) in [7, 11) is -1.60. The van der Waals surface area contributed by atoms with Crippen LogP contribution in [-0.4, -0.2) is 56.5 Å². The molecule has 1 saturated heterocycles. The van der Waals surface area contributed by atoms with Gasteiger partial charge in [-0.25, -0.2) is 4.79 Å². The Hall–Kier alpha value is -5.02. The number of nitrogens with zero attached hydrogens (tertiary/aromatic N) is 6. The molecule has 1 aliphatic heterocycles. The normalized spacial score (nSPS) is 13.7. The number of ether oxygens (including phenoxy) is 1. The second-order valence-corrected chi connectivity index (χ2v) is 11.2. The summed E-state index contributed by atoms with van der Waals surface area (Å²) in [5.41, 5.74) is 2.68. The molecule has 3 aromatic carbocycles. The minimum Gasteiger partial charge on any atom is -0.494 e. The maximum Gasteiger partial charge on any atom is 0.333 e. The van der Waals surface area contributed by atoms with Gasteiger partial charge in [-0.05, 0) is 55.8 Å². The van der Waals surface area contributed by atoms with Crippen LogP contribution in [0.2, 0.25) is 0 Å². The van der Waals surface area contributed by atoms with Crippen molar-refractivity contribution in [3.63, 3.8) is 0 Å². The summed E-state index contributed by atoms with van der Waals surface area (Å²) < 4.78 is 39.7. The first-order valence-electron chi connectivity index (χ1n) is 13.4. The van der Waals surface area contributed by atoms with Crippen LogP contribution in [0.25, 0.3) is 0 Å². The molecule has 1 N–H and O–H groups in total. The first kappa shape index (κ1) is 31.9. The van der Waals surface area contributed by atoms with Gasteiger partial charge in [0.05, 0.1) is 24.2 Å². The van der Waals surface area contributed by atoms with Gasteiger partial charge in [0.15, 0.2) is 0 Å². The second kappa shape index (κ2) is 14.0. The van der Waals surface area contributed by atoms with E-state index in [1.54, 1.807) is 36.4 Å². The van der Waals surface area contributed by atoms with E-state index in [9.17, 15) is 27.4 Å². The molecule has 0 saturated carbocycles. The van der Waals surface area contributed by atoms with Crippen molar-refractivity contribution in [2.75, 3.05) is 25.6 Å². The molecule has 0 aromatic heterocycles. The summed E-state index contributed by atoms with van der Waals surface area (Å²) in [5, 5.41) is 16.9. The fourth-order valence-corrected chi connectivity index (χ4v) is 4.74. The monoisotopic (exact) mass is 622 g/mol. The Morgan fingerprint density at radius 1 is 0.909 bits per heavy atom. The average Bonchev–Trinajstić information content (AvgIpc) is 3.31. The Bertz CT molecular complexity index is 1690. The average molecular weight is 623 g/mol.